The molecule has 0 unspecified atom stereocenters. The Kier molecular flexibility index (Phi) is 4.11. The van der Waals surface area contributed by atoms with Gasteiger partial charge in [0.2, 0.25) is 0 Å². The molecule has 0 amide bonds. The third-order valence-electron chi connectivity index (χ3n) is 2.68. The average Bonchev–Trinajstić information content (AvgIpc) is 2.86. The van der Waals surface area contributed by atoms with Crippen molar-refractivity contribution in [2.75, 3.05) is 7.11 Å². The summed E-state index contributed by atoms with van der Waals surface area (Å²) in [5.74, 6) is 0.807. The van der Waals surface area contributed by atoms with E-state index in [4.69, 9.17) is 15.4 Å². The first kappa shape index (κ1) is 13.9. The van der Waals surface area contributed by atoms with E-state index in [2.05, 4.69) is 4.98 Å². The fraction of sp³-hybridized carbons (Fsp3) is 0.250. The lowest BCUT2D eigenvalue weighted by Gasteiger charge is -2.04. The molecule has 0 atom stereocenters. The molecule has 0 N–H and O–H groups in total. The van der Waals surface area contributed by atoms with E-state index in [-0.39, 0.29) is 5.03 Å². The highest BCUT2D eigenvalue weighted by atomic mass is 35.7. The molecule has 1 aromatic carbocycles. The number of ether oxygens (including phenoxy) is 1. The summed E-state index contributed by atoms with van der Waals surface area (Å²) < 4.78 is 28.9. The Morgan fingerprint density at radius 1 is 1.32 bits per heavy atom. The van der Waals surface area contributed by atoms with Crippen LogP contribution in [0.25, 0.3) is 0 Å². The van der Waals surface area contributed by atoms with Gasteiger partial charge in [-0.1, -0.05) is 12.1 Å². The molecule has 0 spiro atoms. The lowest BCUT2D eigenvalue weighted by molar-refractivity contribution is 0.414. The number of aryl methyl sites for hydroxylation is 2. The lowest BCUT2D eigenvalue weighted by Crippen LogP contribution is -1.99. The Bertz CT molecular complexity index is 650. The van der Waals surface area contributed by atoms with Crippen LogP contribution in [0.1, 0.15) is 5.56 Å². The fourth-order valence-electron chi connectivity index (χ4n) is 1.64. The first-order valence-electron chi connectivity index (χ1n) is 5.58. The normalized spacial score (nSPS) is 11.5. The number of halogens is 1. The maximum Gasteiger partial charge on any atom is 0.280 e. The van der Waals surface area contributed by atoms with Crippen LogP contribution in [0.15, 0.2) is 41.8 Å². The van der Waals surface area contributed by atoms with Crippen molar-refractivity contribution in [1.82, 2.24) is 9.55 Å². The summed E-state index contributed by atoms with van der Waals surface area (Å²) >= 11 is 0. The van der Waals surface area contributed by atoms with Crippen LogP contribution in [0.3, 0.4) is 0 Å². The summed E-state index contributed by atoms with van der Waals surface area (Å²) in [5.41, 5.74) is 1.13. The van der Waals surface area contributed by atoms with Crippen molar-refractivity contribution in [3.8, 4) is 5.75 Å². The second-order valence-electron chi connectivity index (χ2n) is 3.99. The maximum absolute atomic E-state index is 11.1. The maximum atomic E-state index is 11.1. The van der Waals surface area contributed by atoms with Crippen molar-refractivity contribution in [2.45, 2.75) is 18.0 Å². The first-order chi connectivity index (χ1) is 8.99. The molecule has 0 aliphatic carbocycles. The minimum Gasteiger partial charge on any atom is -0.497 e. The first-order valence-corrected chi connectivity index (χ1v) is 7.89. The lowest BCUT2D eigenvalue weighted by atomic mass is 10.1. The van der Waals surface area contributed by atoms with Crippen LogP contribution in [0, 0.1) is 0 Å². The summed E-state index contributed by atoms with van der Waals surface area (Å²) in [7, 11) is 3.07. The number of nitrogens with zero attached hydrogens (tertiary/aromatic N) is 2. The van der Waals surface area contributed by atoms with Crippen molar-refractivity contribution < 1.29 is 13.2 Å². The molecule has 2 aromatic rings. The molecule has 1 heterocycles. The van der Waals surface area contributed by atoms with Crippen molar-refractivity contribution in [3.05, 3.63) is 42.4 Å². The number of hydrogen-bond acceptors (Lipinski definition) is 4. The van der Waals surface area contributed by atoms with Crippen LogP contribution in [0.4, 0.5) is 0 Å². The van der Waals surface area contributed by atoms with Crippen LogP contribution >= 0.6 is 10.7 Å². The second kappa shape index (κ2) is 5.63. The highest BCUT2D eigenvalue weighted by Crippen LogP contribution is 2.14. The Balaban J connectivity index is 2.00. The fourth-order valence-corrected chi connectivity index (χ4v) is 2.31. The molecule has 0 bridgehead atoms. The van der Waals surface area contributed by atoms with Crippen molar-refractivity contribution in [2.24, 2.45) is 0 Å². The molecule has 7 heteroatoms. The topological polar surface area (TPSA) is 61.2 Å². The average molecular weight is 301 g/mol. The second-order valence-corrected chi connectivity index (χ2v) is 6.50. The number of aromatic nitrogens is 2. The highest BCUT2D eigenvalue weighted by molar-refractivity contribution is 8.13. The molecular weight excluding hydrogens is 288 g/mol. The van der Waals surface area contributed by atoms with Gasteiger partial charge in [-0.05, 0) is 24.1 Å². The molecule has 2 rings (SSSR count). The van der Waals surface area contributed by atoms with E-state index in [0.29, 0.717) is 6.54 Å². The molecule has 5 nitrogen and oxygen atoms in total. The summed E-state index contributed by atoms with van der Waals surface area (Å²) in [6.45, 7) is 0.631. The molecule has 0 saturated heterocycles. The van der Waals surface area contributed by atoms with E-state index >= 15 is 0 Å². The molecule has 1 aromatic heterocycles. The zero-order valence-corrected chi connectivity index (χ0v) is 11.9. The van der Waals surface area contributed by atoms with Crippen LogP contribution in [-0.4, -0.2) is 25.1 Å². The Labute approximate surface area is 116 Å². The third kappa shape index (κ3) is 3.71. The predicted octanol–water partition coefficient (Wildman–Crippen LogP) is 2.06. The smallest absolute Gasteiger partial charge is 0.280 e. The number of benzene rings is 1. The minimum atomic E-state index is -3.75. The van der Waals surface area contributed by atoms with Gasteiger partial charge in [0.25, 0.3) is 9.05 Å². The van der Waals surface area contributed by atoms with Crippen LogP contribution in [0.5, 0.6) is 5.75 Å². The summed E-state index contributed by atoms with van der Waals surface area (Å²) in [6, 6.07) is 7.71. The summed E-state index contributed by atoms with van der Waals surface area (Å²) in [4.78, 5) is 3.75. The van der Waals surface area contributed by atoms with E-state index < -0.39 is 9.05 Å². The molecule has 0 aliphatic heterocycles. The predicted molar refractivity (Wildman–Crippen MR) is 72.0 cm³/mol. The minimum absolute atomic E-state index is 0.121. The van der Waals surface area contributed by atoms with Gasteiger partial charge in [-0.3, -0.25) is 0 Å². The quantitative estimate of drug-likeness (QED) is 0.793. The van der Waals surface area contributed by atoms with Gasteiger partial charge in [-0.15, -0.1) is 0 Å². The number of hydrogen-bond donors (Lipinski definition) is 0. The molecule has 19 heavy (non-hydrogen) atoms. The van der Waals surface area contributed by atoms with Crippen LogP contribution in [-0.2, 0) is 22.0 Å². The van der Waals surface area contributed by atoms with Gasteiger partial charge < -0.3 is 9.30 Å². The van der Waals surface area contributed by atoms with E-state index in [1.807, 2.05) is 24.3 Å². The third-order valence-corrected chi connectivity index (χ3v) is 3.86. The number of imidazole rings is 1. The standard InChI is InChI=1S/C12H13ClN2O3S/c1-18-11-4-2-10(3-5-11)6-7-15-8-12(14-9-15)19(13,16)17/h2-5,8-9H,6-7H2,1H3. The zero-order chi connectivity index (χ0) is 13.9. The van der Waals surface area contributed by atoms with Gasteiger partial charge in [0, 0.05) is 23.4 Å². The van der Waals surface area contributed by atoms with Crippen molar-refractivity contribution >= 4 is 19.7 Å². The zero-order valence-electron chi connectivity index (χ0n) is 10.3. The van der Waals surface area contributed by atoms with Crippen molar-refractivity contribution in [1.29, 1.82) is 0 Å². The van der Waals surface area contributed by atoms with Gasteiger partial charge in [-0.25, -0.2) is 13.4 Å². The molecule has 102 valence electrons. The molecule has 0 aliphatic rings. The monoisotopic (exact) mass is 300 g/mol. The molecule has 0 radical (unpaired) electrons. The van der Waals surface area contributed by atoms with Crippen molar-refractivity contribution in [3.63, 3.8) is 0 Å². The Hall–Kier alpha value is -1.53. The molecule has 0 fully saturated rings. The van der Waals surface area contributed by atoms with Gasteiger partial charge >= 0.3 is 0 Å². The highest BCUT2D eigenvalue weighted by Gasteiger charge is 2.13. The SMILES string of the molecule is COc1ccc(CCn2cnc(S(=O)(=O)Cl)c2)cc1. The molecule has 0 saturated carbocycles. The van der Waals surface area contributed by atoms with E-state index in [1.54, 1.807) is 11.7 Å². The van der Waals surface area contributed by atoms with Gasteiger partial charge in [0.1, 0.15) is 5.75 Å². The largest absolute Gasteiger partial charge is 0.497 e. The summed E-state index contributed by atoms with van der Waals surface area (Å²) in [6.07, 6.45) is 3.65. The number of rotatable bonds is 5. The van der Waals surface area contributed by atoms with Gasteiger partial charge in [0.05, 0.1) is 13.4 Å². The van der Waals surface area contributed by atoms with E-state index in [1.165, 1.54) is 12.5 Å². The van der Waals surface area contributed by atoms with Crippen LogP contribution < -0.4 is 4.74 Å². The molecular formula is C12H13ClN2O3S. The van der Waals surface area contributed by atoms with E-state index in [0.717, 1.165) is 17.7 Å². The van der Waals surface area contributed by atoms with Gasteiger partial charge in [-0.2, -0.15) is 0 Å². The van der Waals surface area contributed by atoms with Gasteiger partial charge in [0.15, 0.2) is 5.03 Å². The number of methoxy groups -OCH3 is 1. The van der Waals surface area contributed by atoms with Crippen LogP contribution in [0.2, 0.25) is 0 Å². The van der Waals surface area contributed by atoms with E-state index in [9.17, 15) is 8.42 Å². The Morgan fingerprint density at radius 3 is 2.53 bits per heavy atom. The summed E-state index contributed by atoms with van der Waals surface area (Å²) in [5, 5.41) is -0.121. The Morgan fingerprint density at radius 2 is 2.00 bits per heavy atom.